The van der Waals surface area contributed by atoms with Gasteiger partial charge in [0.05, 0.1) is 18.2 Å². The molecule has 0 spiro atoms. The van der Waals surface area contributed by atoms with Crippen LogP contribution in [0.15, 0.2) is 35.5 Å². The van der Waals surface area contributed by atoms with Crippen molar-refractivity contribution in [3.8, 4) is 0 Å². The van der Waals surface area contributed by atoms with Crippen LogP contribution in [0.25, 0.3) is 0 Å². The summed E-state index contributed by atoms with van der Waals surface area (Å²) in [6.07, 6.45) is 4.31. The predicted molar refractivity (Wildman–Crippen MR) is 119 cm³/mol. The number of ether oxygens (including phenoxy) is 1. The van der Waals surface area contributed by atoms with Crippen molar-refractivity contribution in [2.75, 3.05) is 24.6 Å². The van der Waals surface area contributed by atoms with Gasteiger partial charge in [0.2, 0.25) is 0 Å². The molecule has 1 aromatic carbocycles. The molecule has 1 atom stereocenters. The number of esters is 1. The molecule has 0 bridgehead atoms. The molecule has 28 heavy (non-hydrogen) atoms. The van der Waals surface area contributed by atoms with E-state index in [1.807, 2.05) is 6.92 Å². The second-order valence-electron chi connectivity index (χ2n) is 7.03. The Labute approximate surface area is 174 Å². The first-order chi connectivity index (χ1) is 13.5. The number of anilines is 1. The van der Waals surface area contributed by atoms with Crippen LogP contribution in [0.1, 0.15) is 65.0 Å². The number of allylic oxidation sites excluding steroid dienone is 1. The number of hydrogen-bond donors (Lipinski definition) is 2. The molecule has 1 heterocycles. The second-order valence-corrected chi connectivity index (χ2v) is 7.44. The molecular formula is C22H33N3O2S. The fraction of sp³-hybridized carbons (Fsp3) is 0.545. The van der Waals surface area contributed by atoms with Crippen LogP contribution >= 0.6 is 12.2 Å². The average molecular weight is 404 g/mol. The monoisotopic (exact) mass is 403 g/mol. The number of nitrogens with zero attached hydrogens (tertiary/aromatic N) is 1. The zero-order valence-electron chi connectivity index (χ0n) is 17.5. The van der Waals surface area contributed by atoms with E-state index >= 15 is 0 Å². The summed E-state index contributed by atoms with van der Waals surface area (Å²) >= 11 is 5.32. The van der Waals surface area contributed by atoms with Crippen molar-refractivity contribution >= 4 is 29.0 Å². The van der Waals surface area contributed by atoms with Crippen LogP contribution in [-0.2, 0) is 9.53 Å². The van der Waals surface area contributed by atoms with E-state index in [4.69, 9.17) is 17.0 Å². The second kappa shape index (κ2) is 11.1. The minimum atomic E-state index is -0.303. The number of carbonyl (C=O) groups excluding carboxylic acids is 1. The first-order valence-electron chi connectivity index (χ1n) is 10.3. The molecule has 0 unspecified atom stereocenters. The Kier molecular flexibility index (Phi) is 8.77. The van der Waals surface area contributed by atoms with E-state index in [-0.39, 0.29) is 12.0 Å². The lowest BCUT2D eigenvalue weighted by Crippen LogP contribution is -2.45. The van der Waals surface area contributed by atoms with Crippen molar-refractivity contribution in [1.82, 2.24) is 10.6 Å². The van der Waals surface area contributed by atoms with Crippen LogP contribution in [0.4, 0.5) is 5.69 Å². The van der Waals surface area contributed by atoms with Gasteiger partial charge in [0, 0.05) is 24.5 Å². The predicted octanol–water partition coefficient (Wildman–Crippen LogP) is 4.45. The molecule has 0 fully saturated rings. The molecule has 2 rings (SSSR count). The summed E-state index contributed by atoms with van der Waals surface area (Å²) in [5.41, 5.74) is 3.52. The summed E-state index contributed by atoms with van der Waals surface area (Å²) < 4.78 is 5.55. The fourth-order valence-corrected chi connectivity index (χ4v) is 3.72. The summed E-state index contributed by atoms with van der Waals surface area (Å²) in [7, 11) is 0. The summed E-state index contributed by atoms with van der Waals surface area (Å²) in [6.45, 7) is 10.7. The molecule has 154 valence electrons. The maximum absolute atomic E-state index is 12.8. The third-order valence-corrected chi connectivity index (χ3v) is 5.30. The molecule has 0 amide bonds. The van der Waals surface area contributed by atoms with Gasteiger partial charge < -0.3 is 20.3 Å². The molecule has 1 aliphatic heterocycles. The molecular weight excluding hydrogens is 370 g/mol. The van der Waals surface area contributed by atoms with Gasteiger partial charge in [0.15, 0.2) is 5.11 Å². The molecule has 0 saturated heterocycles. The molecule has 2 N–H and O–H groups in total. The standard InChI is InChI=1S/C22H33N3O2S/c1-5-8-9-10-15-27-21(26)19-16(4)23-22(28)24-20(19)17-11-13-18(14-12-17)25(6-2)7-3/h11-14,20H,5-10,15H2,1-4H3,(H2,23,24,28)/t20-/m1/s1. The van der Waals surface area contributed by atoms with Crippen LogP contribution in [-0.4, -0.2) is 30.8 Å². The topological polar surface area (TPSA) is 53.6 Å². The third kappa shape index (κ3) is 5.71. The van der Waals surface area contributed by atoms with E-state index < -0.39 is 0 Å². The number of hydrogen-bond acceptors (Lipinski definition) is 4. The van der Waals surface area contributed by atoms with Gasteiger partial charge in [-0.2, -0.15) is 0 Å². The largest absolute Gasteiger partial charge is 0.462 e. The van der Waals surface area contributed by atoms with Crippen LogP contribution in [0.5, 0.6) is 0 Å². The van der Waals surface area contributed by atoms with Crippen molar-refractivity contribution in [2.45, 2.75) is 59.4 Å². The average Bonchev–Trinajstić information content (AvgIpc) is 2.68. The molecule has 1 aromatic rings. The zero-order chi connectivity index (χ0) is 20.5. The summed E-state index contributed by atoms with van der Waals surface area (Å²) in [6, 6.07) is 8.00. The van der Waals surface area contributed by atoms with Crippen molar-refractivity contribution < 1.29 is 9.53 Å². The van der Waals surface area contributed by atoms with E-state index in [0.717, 1.165) is 50.0 Å². The first kappa shape index (κ1) is 22.2. The SMILES string of the molecule is CCCCCCOC(=O)C1=C(C)NC(=S)N[C@@H]1c1ccc(N(CC)CC)cc1. The zero-order valence-corrected chi connectivity index (χ0v) is 18.3. The number of nitrogens with one attached hydrogen (secondary N) is 2. The highest BCUT2D eigenvalue weighted by Crippen LogP contribution is 2.29. The van der Waals surface area contributed by atoms with Crippen molar-refractivity contribution in [2.24, 2.45) is 0 Å². The lowest BCUT2D eigenvalue weighted by molar-refractivity contribution is -0.139. The normalized spacial score (nSPS) is 16.4. The van der Waals surface area contributed by atoms with Crippen molar-refractivity contribution in [1.29, 1.82) is 0 Å². The van der Waals surface area contributed by atoms with E-state index in [1.54, 1.807) is 0 Å². The molecule has 6 heteroatoms. The van der Waals surface area contributed by atoms with Gasteiger partial charge in [-0.15, -0.1) is 0 Å². The first-order valence-corrected chi connectivity index (χ1v) is 10.7. The van der Waals surface area contributed by atoms with Crippen LogP contribution in [0.3, 0.4) is 0 Å². The highest BCUT2D eigenvalue weighted by Gasteiger charge is 2.30. The van der Waals surface area contributed by atoms with Gasteiger partial charge >= 0.3 is 5.97 Å². The molecule has 0 aromatic heterocycles. The molecule has 0 radical (unpaired) electrons. The molecule has 0 saturated carbocycles. The lowest BCUT2D eigenvalue weighted by atomic mass is 9.95. The van der Waals surface area contributed by atoms with Gasteiger partial charge in [0.25, 0.3) is 0 Å². The molecule has 0 aliphatic carbocycles. The number of benzene rings is 1. The Hall–Kier alpha value is -2.08. The Balaban J connectivity index is 2.17. The molecule has 1 aliphatic rings. The van der Waals surface area contributed by atoms with Crippen LogP contribution in [0.2, 0.25) is 0 Å². The van der Waals surface area contributed by atoms with Gasteiger partial charge in [-0.3, -0.25) is 0 Å². The number of unbranched alkanes of at least 4 members (excludes halogenated alkanes) is 3. The van der Waals surface area contributed by atoms with E-state index in [0.29, 0.717) is 17.3 Å². The Bertz CT molecular complexity index is 696. The van der Waals surface area contributed by atoms with E-state index in [1.165, 1.54) is 5.69 Å². The van der Waals surface area contributed by atoms with Gasteiger partial charge in [-0.1, -0.05) is 38.3 Å². The van der Waals surface area contributed by atoms with Gasteiger partial charge in [0.1, 0.15) is 0 Å². The van der Waals surface area contributed by atoms with E-state index in [2.05, 4.69) is 60.6 Å². The Morgan fingerprint density at radius 3 is 2.39 bits per heavy atom. The maximum atomic E-state index is 12.8. The quantitative estimate of drug-likeness (QED) is 0.342. The fourth-order valence-electron chi connectivity index (χ4n) is 3.45. The Morgan fingerprint density at radius 2 is 1.79 bits per heavy atom. The number of carbonyl (C=O) groups is 1. The minimum Gasteiger partial charge on any atom is -0.462 e. The smallest absolute Gasteiger partial charge is 0.338 e. The van der Waals surface area contributed by atoms with Crippen LogP contribution < -0.4 is 15.5 Å². The highest BCUT2D eigenvalue weighted by atomic mass is 32.1. The van der Waals surface area contributed by atoms with Crippen LogP contribution in [0, 0.1) is 0 Å². The maximum Gasteiger partial charge on any atom is 0.338 e. The van der Waals surface area contributed by atoms with Crippen molar-refractivity contribution in [3.05, 3.63) is 41.1 Å². The Morgan fingerprint density at radius 1 is 1.11 bits per heavy atom. The molecule has 5 nitrogen and oxygen atoms in total. The third-order valence-electron chi connectivity index (χ3n) is 5.08. The highest BCUT2D eigenvalue weighted by molar-refractivity contribution is 7.80. The van der Waals surface area contributed by atoms with Gasteiger partial charge in [-0.05, 0) is 57.1 Å². The summed E-state index contributed by atoms with van der Waals surface area (Å²) in [5.74, 6) is -0.283. The summed E-state index contributed by atoms with van der Waals surface area (Å²) in [4.78, 5) is 15.1. The lowest BCUT2D eigenvalue weighted by Gasteiger charge is -2.30. The van der Waals surface area contributed by atoms with E-state index in [9.17, 15) is 4.79 Å². The van der Waals surface area contributed by atoms with Gasteiger partial charge in [-0.25, -0.2) is 4.79 Å². The number of rotatable bonds is 10. The van der Waals surface area contributed by atoms with Crippen molar-refractivity contribution in [3.63, 3.8) is 0 Å². The minimum absolute atomic E-state index is 0.283. The number of thiocarbonyl (C=S) groups is 1. The summed E-state index contributed by atoms with van der Waals surface area (Å²) in [5, 5.41) is 6.81.